The van der Waals surface area contributed by atoms with E-state index in [1.807, 2.05) is 6.92 Å². The summed E-state index contributed by atoms with van der Waals surface area (Å²) in [5.74, 6) is 0.233. The fourth-order valence-corrected chi connectivity index (χ4v) is 2.25. The molecule has 4 nitrogen and oxygen atoms in total. The fourth-order valence-electron chi connectivity index (χ4n) is 1.40. The van der Waals surface area contributed by atoms with Crippen LogP contribution in [-0.4, -0.2) is 17.0 Å². The molecule has 1 aromatic carbocycles. The minimum absolute atomic E-state index is 0.255. The fraction of sp³-hybridized carbons (Fsp3) is 0.231. The van der Waals surface area contributed by atoms with E-state index in [9.17, 15) is 4.79 Å². The molecular weight excluding hydrogens is 284 g/mol. The molecule has 0 saturated carbocycles. The van der Waals surface area contributed by atoms with Gasteiger partial charge in [-0.15, -0.1) is 11.3 Å². The SMILES string of the molecule is Cc1cnc(NC(=O)[C@H](C)Oc2ccccc2Cl)s1. The Hall–Kier alpha value is -1.59. The van der Waals surface area contributed by atoms with Gasteiger partial charge in [-0.1, -0.05) is 23.7 Å². The van der Waals surface area contributed by atoms with Crippen molar-refractivity contribution in [1.29, 1.82) is 0 Å². The lowest BCUT2D eigenvalue weighted by Gasteiger charge is -2.14. The predicted octanol–water partition coefficient (Wildman–Crippen LogP) is 3.51. The number of carbonyl (C=O) groups excluding carboxylic acids is 1. The van der Waals surface area contributed by atoms with Gasteiger partial charge in [-0.3, -0.25) is 10.1 Å². The molecule has 2 rings (SSSR count). The van der Waals surface area contributed by atoms with Crippen molar-refractivity contribution in [3.05, 3.63) is 40.4 Å². The molecule has 0 saturated heterocycles. The van der Waals surface area contributed by atoms with Crippen LogP contribution in [0.3, 0.4) is 0 Å². The molecule has 0 fully saturated rings. The first-order valence-corrected chi connectivity index (χ1v) is 6.90. The molecule has 0 aliphatic rings. The van der Waals surface area contributed by atoms with Gasteiger partial charge in [0, 0.05) is 11.1 Å². The van der Waals surface area contributed by atoms with Crippen LogP contribution in [-0.2, 0) is 4.79 Å². The average molecular weight is 297 g/mol. The van der Waals surface area contributed by atoms with Gasteiger partial charge in [0.15, 0.2) is 11.2 Å². The third-order valence-electron chi connectivity index (χ3n) is 2.36. The number of hydrogen-bond acceptors (Lipinski definition) is 4. The Morgan fingerprint density at radius 1 is 1.47 bits per heavy atom. The molecule has 1 N–H and O–H groups in total. The molecule has 2 aromatic rings. The number of amides is 1. The number of hydrogen-bond donors (Lipinski definition) is 1. The standard InChI is InChI=1S/C13H13ClN2O2S/c1-8-7-15-13(19-8)16-12(17)9(2)18-11-6-4-3-5-10(11)14/h3-7,9H,1-2H3,(H,15,16,17)/t9-/m0/s1. The summed E-state index contributed by atoms with van der Waals surface area (Å²) in [6.07, 6.45) is 1.06. The summed E-state index contributed by atoms with van der Waals surface area (Å²) < 4.78 is 5.52. The van der Waals surface area contributed by atoms with Gasteiger partial charge >= 0.3 is 0 Å². The van der Waals surface area contributed by atoms with Gasteiger partial charge in [-0.05, 0) is 26.0 Å². The Kier molecular flexibility index (Phi) is 4.39. The van der Waals surface area contributed by atoms with Crippen molar-refractivity contribution >= 4 is 34.0 Å². The summed E-state index contributed by atoms with van der Waals surface area (Å²) in [5, 5.41) is 3.75. The second-order valence-corrected chi connectivity index (χ2v) is 5.60. The van der Waals surface area contributed by atoms with Crippen LogP contribution in [0.4, 0.5) is 5.13 Å². The van der Waals surface area contributed by atoms with Crippen molar-refractivity contribution in [2.24, 2.45) is 0 Å². The van der Waals surface area contributed by atoms with E-state index >= 15 is 0 Å². The molecule has 0 unspecified atom stereocenters. The number of nitrogens with zero attached hydrogens (tertiary/aromatic N) is 1. The molecule has 0 bridgehead atoms. The van der Waals surface area contributed by atoms with Gasteiger partial charge in [0.05, 0.1) is 5.02 Å². The average Bonchev–Trinajstić information content (AvgIpc) is 2.77. The van der Waals surface area contributed by atoms with Gasteiger partial charge in [-0.25, -0.2) is 4.98 Å². The highest BCUT2D eigenvalue weighted by Gasteiger charge is 2.17. The third-order valence-corrected chi connectivity index (χ3v) is 3.50. The van der Waals surface area contributed by atoms with Crippen LogP contribution in [0.5, 0.6) is 5.75 Å². The van der Waals surface area contributed by atoms with Crippen molar-refractivity contribution in [3.63, 3.8) is 0 Å². The van der Waals surface area contributed by atoms with Crippen LogP contribution in [0.2, 0.25) is 5.02 Å². The zero-order chi connectivity index (χ0) is 13.8. The second kappa shape index (κ2) is 6.04. The lowest BCUT2D eigenvalue weighted by atomic mass is 10.3. The van der Waals surface area contributed by atoms with E-state index in [0.717, 1.165) is 4.88 Å². The van der Waals surface area contributed by atoms with Crippen molar-refractivity contribution in [2.75, 3.05) is 5.32 Å². The Morgan fingerprint density at radius 3 is 2.84 bits per heavy atom. The molecule has 19 heavy (non-hydrogen) atoms. The highest BCUT2D eigenvalue weighted by molar-refractivity contribution is 7.15. The molecule has 1 heterocycles. The van der Waals surface area contributed by atoms with Gasteiger partial charge in [0.2, 0.25) is 0 Å². The first kappa shape index (κ1) is 13.8. The van der Waals surface area contributed by atoms with E-state index in [1.165, 1.54) is 11.3 Å². The van der Waals surface area contributed by atoms with Gasteiger partial charge in [0.25, 0.3) is 5.91 Å². The first-order chi connectivity index (χ1) is 9.06. The zero-order valence-corrected chi connectivity index (χ0v) is 12.1. The molecule has 6 heteroatoms. The number of aromatic nitrogens is 1. The van der Waals surface area contributed by atoms with E-state index in [4.69, 9.17) is 16.3 Å². The maximum Gasteiger partial charge on any atom is 0.266 e. The van der Waals surface area contributed by atoms with Crippen LogP contribution >= 0.6 is 22.9 Å². The number of aryl methyl sites for hydroxylation is 1. The normalized spacial score (nSPS) is 11.9. The molecule has 0 aliphatic carbocycles. The minimum Gasteiger partial charge on any atom is -0.479 e. The van der Waals surface area contributed by atoms with E-state index in [2.05, 4.69) is 10.3 Å². The van der Waals surface area contributed by atoms with E-state index < -0.39 is 6.10 Å². The summed E-state index contributed by atoms with van der Waals surface area (Å²) >= 11 is 7.39. The number of rotatable bonds is 4. The maximum absolute atomic E-state index is 11.9. The molecule has 0 radical (unpaired) electrons. The number of nitrogens with one attached hydrogen (secondary N) is 1. The Bertz CT molecular complexity index is 586. The van der Waals surface area contributed by atoms with Crippen LogP contribution < -0.4 is 10.1 Å². The van der Waals surface area contributed by atoms with E-state index in [0.29, 0.717) is 15.9 Å². The minimum atomic E-state index is -0.649. The number of benzene rings is 1. The van der Waals surface area contributed by atoms with Crippen molar-refractivity contribution < 1.29 is 9.53 Å². The molecule has 1 aromatic heterocycles. The number of anilines is 1. The molecule has 0 aliphatic heterocycles. The molecule has 1 atom stereocenters. The summed E-state index contributed by atoms with van der Waals surface area (Å²) in [5.41, 5.74) is 0. The van der Waals surface area contributed by atoms with Crippen molar-refractivity contribution in [3.8, 4) is 5.75 Å². The van der Waals surface area contributed by atoms with Crippen molar-refractivity contribution in [2.45, 2.75) is 20.0 Å². The largest absolute Gasteiger partial charge is 0.479 e. The van der Waals surface area contributed by atoms with Crippen LogP contribution in [0.1, 0.15) is 11.8 Å². The summed E-state index contributed by atoms with van der Waals surface area (Å²) in [6.45, 7) is 3.59. The predicted molar refractivity (Wildman–Crippen MR) is 77.0 cm³/mol. The molecular formula is C13H13ClN2O2S. The number of halogens is 1. The quantitative estimate of drug-likeness (QED) is 0.939. The van der Waals surface area contributed by atoms with Crippen LogP contribution in [0.25, 0.3) is 0 Å². The Labute approximate surface area is 120 Å². The lowest BCUT2D eigenvalue weighted by molar-refractivity contribution is -0.122. The van der Waals surface area contributed by atoms with Gasteiger partial charge in [0.1, 0.15) is 5.75 Å². The number of para-hydroxylation sites is 1. The maximum atomic E-state index is 11.9. The smallest absolute Gasteiger partial charge is 0.266 e. The topological polar surface area (TPSA) is 51.2 Å². The molecule has 100 valence electrons. The number of thiazole rings is 1. The second-order valence-electron chi connectivity index (χ2n) is 3.96. The Morgan fingerprint density at radius 2 is 2.21 bits per heavy atom. The Balaban J connectivity index is 1.98. The summed E-state index contributed by atoms with van der Waals surface area (Å²) in [4.78, 5) is 17.0. The number of carbonyl (C=O) groups is 1. The van der Waals surface area contributed by atoms with E-state index in [1.54, 1.807) is 37.4 Å². The highest BCUT2D eigenvalue weighted by atomic mass is 35.5. The van der Waals surface area contributed by atoms with Crippen molar-refractivity contribution in [1.82, 2.24) is 4.98 Å². The molecule has 1 amide bonds. The third kappa shape index (κ3) is 3.68. The monoisotopic (exact) mass is 296 g/mol. The summed E-state index contributed by atoms with van der Waals surface area (Å²) in [7, 11) is 0. The van der Waals surface area contributed by atoms with Gasteiger partial charge < -0.3 is 4.74 Å². The van der Waals surface area contributed by atoms with E-state index in [-0.39, 0.29) is 5.91 Å². The van der Waals surface area contributed by atoms with Crippen LogP contribution in [0.15, 0.2) is 30.5 Å². The lowest BCUT2D eigenvalue weighted by Crippen LogP contribution is -2.30. The zero-order valence-electron chi connectivity index (χ0n) is 10.5. The first-order valence-electron chi connectivity index (χ1n) is 5.71. The summed E-state index contributed by atoms with van der Waals surface area (Å²) in [6, 6.07) is 7.04. The van der Waals surface area contributed by atoms with Crippen LogP contribution in [0, 0.1) is 6.92 Å². The number of ether oxygens (including phenoxy) is 1. The molecule has 0 spiro atoms. The highest BCUT2D eigenvalue weighted by Crippen LogP contribution is 2.24. The van der Waals surface area contributed by atoms with Gasteiger partial charge in [-0.2, -0.15) is 0 Å².